The zero-order valence-corrected chi connectivity index (χ0v) is 17.2. The Bertz CT molecular complexity index is 797. The van der Waals surface area contributed by atoms with Gasteiger partial charge in [-0.2, -0.15) is 0 Å². The second-order valence-electron chi connectivity index (χ2n) is 7.00. The van der Waals surface area contributed by atoms with Gasteiger partial charge in [-0.25, -0.2) is 0 Å². The molecule has 2 heterocycles. The SMILES string of the molecule is CN=C(NCCC(=O)N1CCc2sccc2C1)N(C)Cc1ccc(C)cc1. The van der Waals surface area contributed by atoms with E-state index in [1.807, 2.05) is 11.9 Å². The lowest BCUT2D eigenvalue weighted by Crippen LogP contribution is -2.41. The lowest BCUT2D eigenvalue weighted by Gasteiger charge is -2.27. The summed E-state index contributed by atoms with van der Waals surface area (Å²) in [6.45, 7) is 5.04. The molecule has 0 spiro atoms. The van der Waals surface area contributed by atoms with Gasteiger partial charge in [0, 0.05) is 51.6 Å². The Labute approximate surface area is 165 Å². The van der Waals surface area contributed by atoms with Gasteiger partial charge in [0.25, 0.3) is 0 Å². The van der Waals surface area contributed by atoms with Crippen molar-refractivity contribution in [2.24, 2.45) is 4.99 Å². The molecule has 1 aromatic heterocycles. The predicted molar refractivity (Wildman–Crippen MR) is 112 cm³/mol. The van der Waals surface area contributed by atoms with E-state index in [1.165, 1.54) is 21.6 Å². The number of aliphatic imine (C=N–C) groups is 1. The van der Waals surface area contributed by atoms with Gasteiger partial charge in [-0.05, 0) is 35.9 Å². The molecule has 3 rings (SSSR count). The average Bonchev–Trinajstić information content (AvgIpc) is 3.14. The lowest BCUT2D eigenvalue weighted by atomic mass is 10.1. The molecule has 0 unspecified atom stereocenters. The van der Waals surface area contributed by atoms with E-state index in [4.69, 9.17) is 0 Å². The van der Waals surface area contributed by atoms with Gasteiger partial charge in [0.05, 0.1) is 0 Å². The molecule has 144 valence electrons. The van der Waals surface area contributed by atoms with Crippen LogP contribution in [0.3, 0.4) is 0 Å². The zero-order chi connectivity index (χ0) is 19.2. The Balaban J connectivity index is 1.45. The van der Waals surface area contributed by atoms with E-state index in [1.54, 1.807) is 18.4 Å². The average molecular weight is 385 g/mol. The highest BCUT2D eigenvalue weighted by atomic mass is 32.1. The van der Waals surface area contributed by atoms with Crippen molar-refractivity contribution < 1.29 is 4.79 Å². The molecule has 0 saturated heterocycles. The minimum atomic E-state index is 0.205. The van der Waals surface area contributed by atoms with Crippen molar-refractivity contribution in [2.75, 3.05) is 27.2 Å². The van der Waals surface area contributed by atoms with Crippen LogP contribution in [0.1, 0.15) is 28.0 Å². The van der Waals surface area contributed by atoms with Crippen molar-refractivity contribution >= 4 is 23.2 Å². The maximum absolute atomic E-state index is 12.5. The van der Waals surface area contributed by atoms with Crippen LogP contribution in [0.5, 0.6) is 0 Å². The molecule has 1 aromatic carbocycles. The molecule has 1 N–H and O–H groups in total. The van der Waals surface area contributed by atoms with Crippen molar-refractivity contribution in [3.63, 3.8) is 0 Å². The monoisotopic (exact) mass is 384 g/mol. The van der Waals surface area contributed by atoms with Crippen molar-refractivity contribution in [3.8, 4) is 0 Å². The van der Waals surface area contributed by atoms with E-state index in [2.05, 4.69) is 57.8 Å². The fourth-order valence-corrected chi connectivity index (χ4v) is 4.22. The van der Waals surface area contributed by atoms with Crippen molar-refractivity contribution in [3.05, 3.63) is 57.3 Å². The lowest BCUT2D eigenvalue weighted by molar-refractivity contribution is -0.131. The summed E-state index contributed by atoms with van der Waals surface area (Å²) >= 11 is 1.80. The number of nitrogens with zero attached hydrogens (tertiary/aromatic N) is 3. The Morgan fingerprint density at radius 2 is 2.07 bits per heavy atom. The van der Waals surface area contributed by atoms with Crippen LogP contribution in [0.2, 0.25) is 0 Å². The third-order valence-corrected chi connectivity index (χ3v) is 5.92. The van der Waals surface area contributed by atoms with Crippen LogP contribution in [-0.4, -0.2) is 48.9 Å². The van der Waals surface area contributed by atoms with E-state index in [0.29, 0.717) is 13.0 Å². The van der Waals surface area contributed by atoms with Gasteiger partial charge in [0.15, 0.2) is 5.96 Å². The standard InChI is InChI=1S/C21H28N4OS/c1-16-4-6-17(7-5-16)14-24(3)21(22-2)23-11-8-20(26)25-12-9-19-18(15-25)10-13-27-19/h4-7,10,13H,8-9,11-12,14-15H2,1-3H3,(H,22,23). The minimum absolute atomic E-state index is 0.205. The van der Waals surface area contributed by atoms with Gasteiger partial charge in [-0.3, -0.25) is 9.79 Å². The molecule has 0 aliphatic carbocycles. The summed E-state index contributed by atoms with van der Waals surface area (Å²) in [4.78, 5) is 22.3. The minimum Gasteiger partial charge on any atom is -0.356 e. The first kappa shape index (κ1) is 19.4. The molecule has 1 aliphatic heterocycles. The highest BCUT2D eigenvalue weighted by molar-refractivity contribution is 7.10. The maximum atomic E-state index is 12.5. The second-order valence-corrected chi connectivity index (χ2v) is 8.00. The fraction of sp³-hybridized carbons (Fsp3) is 0.429. The highest BCUT2D eigenvalue weighted by Crippen LogP contribution is 2.24. The Hall–Kier alpha value is -2.34. The largest absolute Gasteiger partial charge is 0.356 e. The Morgan fingerprint density at radius 1 is 1.30 bits per heavy atom. The molecule has 0 fully saturated rings. The highest BCUT2D eigenvalue weighted by Gasteiger charge is 2.21. The molecule has 0 radical (unpaired) electrons. The van der Waals surface area contributed by atoms with Gasteiger partial charge >= 0.3 is 0 Å². The molecule has 2 aromatic rings. The fourth-order valence-electron chi connectivity index (χ4n) is 3.33. The van der Waals surface area contributed by atoms with Crippen molar-refractivity contribution in [2.45, 2.75) is 32.9 Å². The third-order valence-electron chi connectivity index (χ3n) is 4.90. The van der Waals surface area contributed by atoms with E-state index < -0.39 is 0 Å². The van der Waals surface area contributed by atoms with E-state index in [-0.39, 0.29) is 5.91 Å². The predicted octanol–water partition coefficient (Wildman–Crippen LogP) is 3.04. The van der Waals surface area contributed by atoms with Gasteiger partial charge in [0.1, 0.15) is 0 Å². The van der Waals surface area contributed by atoms with Gasteiger partial charge in [-0.15, -0.1) is 11.3 Å². The second kappa shape index (κ2) is 9.04. The quantitative estimate of drug-likeness (QED) is 0.637. The first-order chi connectivity index (χ1) is 13.1. The summed E-state index contributed by atoms with van der Waals surface area (Å²) in [5.41, 5.74) is 3.80. The number of benzene rings is 1. The number of guanidine groups is 1. The van der Waals surface area contributed by atoms with Crippen LogP contribution < -0.4 is 5.32 Å². The number of carbonyl (C=O) groups excluding carboxylic acids is 1. The molecule has 5 nitrogen and oxygen atoms in total. The Kier molecular flexibility index (Phi) is 6.50. The summed E-state index contributed by atoms with van der Waals surface area (Å²) in [5, 5.41) is 5.43. The smallest absolute Gasteiger partial charge is 0.224 e. The van der Waals surface area contributed by atoms with Crippen LogP contribution in [0.4, 0.5) is 0 Å². The normalized spacial score (nSPS) is 14.0. The third kappa shape index (κ3) is 5.10. The van der Waals surface area contributed by atoms with E-state index in [9.17, 15) is 4.79 Å². The molecular weight excluding hydrogens is 356 g/mol. The number of nitrogens with one attached hydrogen (secondary N) is 1. The number of fused-ring (bicyclic) bond motifs is 1. The summed E-state index contributed by atoms with van der Waals surface area (Å²) in [6.07, 6.45) is 1.46. The van der Waals surface area contributed by atoms with E-state index in [0.717, 1.165) is 32.0 Å². The van der Waals surface area contributed by atoms with Gasteiger partial charge in [0.2, 0.25) is 5.91 Å². The van der Waals surface area contributed by atoms with Crippen LogP contribution in [0, 0.1) is 6.92 Å². The van der Waals surface area contributed by atoms with Crippen LogP contribution in [0.25, 0.3) is 0 Å². The number of aryl methyl sites for hydroxylation is 1. The number of rotatable bonds is 5. The van der Waals surface area contributed by atoms with Crippen LogP contribution in [0.15, 0.2) is 40.7 Å². The van der Waals surface area contributed by atoms with Crippen LogP contribution in [-0.2, 0) is 24.3 Å². The number of hydrogen-bond acceptors (Lipinski definition) is 3. The molecule has 0 saturated carbocycles. The summed E-state index contributed by atoms with van der Waals surface area (Å²) < 4.78 is 0. The maximum Gasteiger partial charge on any atom is 0.224 e. The number of amides is 1. The van der Waals surface area contributed by atoms with E-state index >= 15 is 0 Å². The van der Waals surface area contributed by atoms with Crippen molar-refractivity contribution in [1.29, 1.82) is 0 Å². The summed E-state index contributed by atoms with van der Waals surface area (Å²) in [5.74, 6) is 1.01. The topological polar surface area (TPSA) is 47.9 Å². The number of thiophene rings is 1. The molecule has 0 bridgehead atoms. The van der Waals surface area contributed by atoms with Gasteiger partial charge < -0.3 is 15.1 Å². The summed E-state index contributed by atoms with van der Waals surface area (Å²) in [7, 11) is 3.79. The molecule has 27 heavy (non-hydrogen) atoms. The van der Waals surface area contributed by atoms with Gasteiger partial charge in [-0.1, -0.05) is 29.8 Å². The molecule has 1 aliphatic rings. The molecular formula is C21H28N4OS. The Morgan fingerprint density at radius 3 is 2.81 bits per heavy atom. The van der Waals surface area contributed by atoms with Crippen molar-refractivity contribution in [1.82, 2.24) is 15.1 Å². The first-order valence-corrected chi connectivity index (χ1v) is 10.2. The summed E-state index contributed by atoms with van der Waals surface area (Å²) in [6, 6.07) is 10.7. The van der Waals surface area contributed by atoms with Crippen LogP contribution >= 0.6 is 11.3 Å². The number of hydrogen-bond donors (Lipinski definition) is 1. The molecule has 0 atom stereocenters. The first-order valence-electron chi connectivity index (χ1n) is 9.37. The number of carbonyl (C=O) groups is 1. The molecule has 6 heteroatoms. The molecule has 1 amide bonds. The zero-order valence-electron chi connectivity index (χ0n) is 16.4.